The summed E-state index contributed by atoms with van der Waals surface area (Å²) >= 11 is 0. The minimum Gasteiger partial charge on any atom is -0.325 e. The van der Waals surface area contributed by atoms with E-state index in [0.29, 0.717) is 6.54 Å². The van der Waals surface area contributed by atoms with E-state index < -0.39 is 0 Å². The van der Waals surface area contributed by atoms with Crippen LogP contribution in [-0.4, -0.2) is 4.98 Å². The molecule has 0 aliphatic rings. The van der Waals surface area contributed by atoms with E-state index in [1.165, 1.54) is 0 Å². The smallest absolute Gasteiger partial charge is 0.0545 e. The third-order valence-electron chi connectivity index (χ3n) is 1.29. The van der Waals surface area contributed by atoms with Gasteiger partial charge in [-0.25, -0.2) is 0 Å². The van der Waals surface area contributed by atoms with Gasteiger partial charge in [-0.3, -0.25) is 4.98 Å². The van der Waals surface area contributed by atoms with E-state index in [9.17, 15) is 0 Å². The molecular weight excluding hydrogens is 124 g/mol. The molecule has 0 saturated carbocycles. The van der Waals surface area contributed by atoms with Gasteiger partial charge in [0.2, 0.25) is 0 Å². The van der Waals surface area contributed by atoms with Crippen molar-refractivity contribution in [3.8, 4) is 0 Å². The Morgan fingerprint density at radius 2 is 2.50 bits per heavy atom. The summed E-state index contributed by atoms with van der Waals surface area (Å²) in [6, 6.07) is 3.82. The summed E-state index contributed by atoms with van der Waals surface area (Å²) in [7, 11) is 0. The lowest BCUT2D eigenvalue weighted by atomic mass is 10.2. The highest BCUT2D eigenvalue weighted by Crippen LogP contribution is 2.01. The van der Waals surface area contributed by atoms with Crippen LogP contribution in [0.5, 0.6) is 0 Å². The third kappa shape index (κ3) is 1.42. The van der Waals surface area contributed by atoms with Crippen molar-refractivity contribution < 1.29 is 0 Å². The van der Waals surface area contributed by atoms with Gasteiger partial charge in [0.1, 0.15) is 0 Å². The zero-order valence-electron chi connectivity index (χ0n) is 5.75. The Balaban J connectivity index is 2.98. The second-order valence-corrected chi connectivity index (χ2v) is 1.99. The highest BCUT2D eigenvalue weighted by atomic mass is 14.7. The largest absolute Gasteiger partial charge is 0.325 e. The van der Waals surface area contributed by atoms with Crippen LogP contribution in [0.1, 0.15) is 11.3 Å². The van der Waals surface area contributed by atoms with E-state index in [4.69, 9.17) is 5.73 Å². The lowest BCUT2D eigenvalue weighted by molar-refractivity contribution is 0.989. The fraction of sp³-hybridized carbons (Fsp3) is 0.125. The molecule has 0 saturated heterocycles. The van der Waals surface area contributed by atoms with Crippen LogP contribution >= 0.6 is 0 Å². The fourth-order valence-corrected chi connectivity index (χ4v) is 0.735. The first-order valence-corrected chi connectivity index (χ1v) is 3.14. The summed E-state index contributed by atoms with van der Waals surface area (Å²) in [5.74, 6) is 0. The van der Waals surface area contributed by atoms with E-state index in [0.717, 1.165) is 11.3 Å². The van der Waals surface area contributed by atoms with Gasteiger partial charge >= 0.3 is 0 Å². The zero-order chi connectivity index (χ0) is 7.40. The average molecular weight is 134 g/mol. The second kappa shape index (κ2) is 3.13. The maximum Gasteiger partial charge on any atom is 0.0545 e. The van der Waals surface area contributed by atoms with E-state index in [-0.39, 0.29) is 0 Å². The molecule has 0 atom stereocenters. The molecule has 0 radical (unpaired) electrons. The van der Waals surface area contributed by atoms with E-state index in [1.54, 1.807) is 12.3 Å². The van der Waals surface area contributed by atoms with Gasteiger partial charge in [-0.1, -0.05) is 12.7 Å². The van der Waals surface area contributed by atoms with Crippen LogP contribution in [0.3, 0.4) is 0 Å². The number of hydrogen-bond acceptors (Lipinski definition) is 2. The summed E-state index contributed by atoms with van der Waals surface area (Å²) in [6.45, 7) is 4.13. The van der Waals surface area contributed by atoms with Gasteiger partial charge in [0.05, 0.1) is 5.69 Å². The predicted octanol–water partition coefficient (Wildman–Crippen LogP) is 1.18. The molecule has 0 fully saturated rings. The molecule has 2 nitrogen and oxygen atoms in total. The monoisotopic (exact) mass is 134 g/mol. The summed E-state index contributed by atoms with van der Waals surface area (Å²) in [4.78, 5) is 4.03. The van der Waals surface area contributed by atoms with Crippen molar-refractivity contribution in [3.63, 3.8) is 0 Å². The molecule has 10 heavy (non-hydrogen) atoms. The summed E-state index contributed by atoms with van der Waals surface area (Å²) in [5.41, 5.74) is 7.34. The number of aromatic nitrogens is 1. The molecule has 0 spiro atoms. The van der Waals surface area contributed by atoms with Gasteiger partial charge in [0.15, 0.2) is 0 Å². The molecule has 0 aromatic carbocycles. The Labute approximate surface area is 60.4 Å². The Bertz CT molecular complexity index is 230. The van der Waals surface area contributed by atoms with Gasteiger partial charge in [0, 0.05) is 12.7 Å². The first-order chi connectivity index (χ1) is 4.86. The van der Waals surface area contributed by atoms with Crippen LogP contribution in [-0.2, 0) is 6.54 Å². The van der Waals surface area contributed by atoms with Crippen molar-refractivity contribution in [3.05, 3.63) is 36.2 Å². The second-order valence-electron chi connectivity index (χ2n) is 1.99. The van der Waals surface area contributed by atoms with Gasteiger partial charge in [0.25, 0.3) is 0 Å². The molecule has 0 amide bonds. The molecular formula is C8H10N2. The number of pyridine rings is 1. The molecule has 1 aromatic rings. The number of nitrogens with zero attached hydrogens (tertiary/aromatic N) is 1. The molecule has 0 aliphatic heterocycles. The highest BCUT2D eigenvalue weighted by Gasteiger charge is 1.89. The lowest BCUT2D eigenvalue weighted by Gasteiger charge is -1.95. The van der Waals surface area contributed by atoms with Crippen LogP contribution in [0, 0.1) is 0 Å². The van der Waals surface area contributed by atoms with Crippen molar-refractivity contribution in [1.29, 1.82) is 0 Å². The number of hydrogen-bond donors (Lipinski definition) is 1. The van der Waals surface area contributed by atoms with Gasteiger partial charge < -0.3 is 5.73 Å². The Morgan fingerprint density at radius 3 is 3.10 bits per heavy atom. The summed E-state index contributed by atoms with van der Waals surface area (Å²) in [5, 5.41) is 0. The molecule has 0 unspecified atom stereocenters. The van der Waals surface area contributed by atoms with Crippen molar-refractivity contribution in [2.24, 2.45) is 5.73 Å². The predicted molar refractivity (Wildman–Crippen MR) is 42.2 cm³/mol. The number of nitrogens with two attached hydrogens (primary N) is 1. The molecule has 0 aliphatic carbocycles. The fourth-order valence-electron chi connectivity index (χ4n) is 0.735. The van der Waals surface area contributed by atoms with Crippen LogP contribution in [0.2, 0.25) is 0 Å². The number of rotatable bonds is 2. The van der Waals surface area contributed by atoms with E-state index in [1.807, 2.05) is 12.1 Å². The van der Waals surface area contributed by atoms with Crippen molar-refractivity contribution in [1.82, 2.24) is 4.98 Å². The van der Waals surface area contributed by atoms with E-state index in [2.05, 4.69) is 11.6 Å². The van der Waals surface area contributed by atoms with Crippen molar-refractivity contribution >= 4 is 6.08 Å². The highest BCUT2D eigenvalue weighted by molar-refractivity contribution is 5.46. The Hall–Kier alpha value is -1.15. The molecule has 1 aromatic heterocycles. The average Bonchev–Trinajstić information content (AvgIpc) is 2.05. The van der Waals surface area contributed by atoms with Gasteiger partial charge in [-0.15, -0.1) is 0 Å². The zero-order valence-corrected chi connectivity index (χ0v) is 5.75. The third-order valence-corrected chi connectivity index (χ3v) is 1.29. The topological polar surface area (TPSA) is 38.9 Å². The van der Waals surface area contributed by atoms with Crippen molar-refractivity contribution in [2.75, 3.05) is 0 Å². The normalized spacial score (nSPS) is 9.30. The lowest BCUT2D eigenvalue weighted by Crippen LogP contribution is -1.98. The quantitative estimate of drug-likeness (QED) is 0.659. The minimum absolute atomic E-state index is 0.488. The Morgan fingerprint density at radius 1 is 1.70 bits per heavy atom. The summed E-state index contributed by atoms with van der Waals surface area (Å²) in [6.07, 6.45) is 3.51. The summed E-state index contributed by atoms with van der Waals surface area (Å²) < 4.78 is 0. The molecule has 1 rings (SSSR count). The maximum atomic E-state index is 5.38. The first kappa shape index (κ1) is 6.96. The molecule has 2 N–H and O–H groups in total. The van der Waals surface area contributed by atoms with Crippen LogP contribution < -0.4 is 5.73 Å². The van der Waals surface area contributed by atoms with Crippen molar-refractivity contribution in [2.45, 2.75) is 6.54 Å². The molecule has 1 heterocycles. The van der Waals surface area contributed by atoms with Crippen LogP contribution in [0.25, 0.3) is 6.08 Å². The first-order valence-electron chi connectivity index (χ1n) is 3.14. The molecule has 2 heteroatoms. The Kier molecular flexibility index (Phi) is 2.18. The van der Waals surface area contributed by atoms with Crippen LogP contribution in [0.4, 0.5) is 0 Å². The molecule has 0 bridgehead atoms. The standard InChI is InChI=1S/C8H10N2/c1-2-7-3-4-10-8(5-7)6-9/h2-5H,1,6,9H2. The van der Waals surface area contributed by atoms with Gasteiger partial charge in [-0.05, 0) is 17.7 Å². The van der Waals surface area contributed by atoms with Gasteiger partial charge in [-0.2, -0.15) is 0 Å². The molecule has 52 valence electrons. The van der Waals surface area contributed by atoms with Crippen LogP contribution in [0.15, 0.2) is 24.9 Å². The van der Waals surface area contributed by atoms with E-state index >= 15 is 0 Å². The maximum absolute atomic E-state index is 5.38. The minimum atomic E-state index is 0.488. The SMILES string of the molecule is C=Cc1ccnc(CN)c1.